The van der Waals surface area contributed by atoms with E-state index in [0.717, 1.165) is 19.3 Å². The molecule has 0 spiro atoms. The molecule has 2 unspecified atom stereocenters. The Morgan fingerprint density at radius 3 is 2.89 bits per heavy atom. The molecule has 104 valence electrons. The summed E-state index contributed by atoms with van der Waals surface area (Å²) in [6, 6.07) is -0.149. The van der Waals surface area contributed by atoms with Crippen molar-refractivity contribution in [3.05, 3.63) is 0 Å². The summed E-state index contributed by atoms with van der Waals surface area (Å²) in [6.07, 6.45) is 4.48. The minimum atomic E-state index is -0.149. The molecule has 1 N–H and O–H groups in total. The summed E-state index contributed by atoms with van der Waals surface area (Å²) < 4.78 is 5.34. The molecule has 1 aliphatic heterocycles. The SMILES string of the molecule is CC1(C)CCCCC1C(=O)N1CCOCC1CO. The number of morpholine rings is 1. The molecule has 1 saturated carbocycles. The van der Waals surface area contributed by atoms with Crippen LogP contribution in [0.15, 0.2) is 0 Å². The molecule has 18 heavy (non-hydrogen) atoms. The minimum absolute atomic E-state index is 0.00110. The number of carbonyl (C=O) groups is 1. The summed E-state index contributed by atoms with van der Waals surface area (Å²) in [5, 5.41) is 9.36. The van der Waals surface area contributed by atoms with Gasteiger partial charge in [0.25, 0.3) is 0 Å². The molecule has 0 bridgehead atoms. The molecule has 4 nitrogen and oxygen atoms in total. The molecular weight excluding hydrogens is 230 g/mol. The fourth-order valence-electron chi connectivity index (χ4n) is 3.25. The van der Waals surface area contributed by atoms with Crippen LogP contribution in [0.4, 0.5) is 0 Å². The number of carbonyl (C=O) groups excluding carboxylic acids is 1. The maximum atomic E-state index is 12.7. The van der Waals surface area contributed by atoms with Crippen molar-refractivity contribution in [3.8, 4) is 0 Å². The number of rotatable bonds is 2. The number of hydrogen-bond acceptors (Lipinski definition) is 3. The van der Waals surface area contributed by atoms with Crippen molar-refractivity contribution >= 4 is 5.91 Å². The van der Waals surface area contributed by atoms with Crippen molar-refractivity contribution < 1.29 is 14.6 Å². The number of aliphatic hydroxyl groups excluding tert-OH is 1. The zero-order chi connectivity index (χ0) is 13.2. The summed E-state index contributed by atoms with van der Waals surface area (Å²) in [4.78, 5) is 14.5. The van der Waals surface area contributed by atoms with Crippen molar-refractivity contribution in [1.29, 1.82) is 0 Å². The Labute approximate surface area is 109 Å². The van der Waals surface area contributed by atoms with E-state index in [9.17, 15) is 9.90 Å². The highest BCUT2D eigenvalue weighted by Gasteiger charge is 2.41. The molecule has 0 aromatic carbocycles. The van der Waals surface area contributed by atoms with Crippen LogP contribution in [0.3, 0.4) is 0 Å². The Bertz CT molecular complexity index is 303. The molecule has 2 fully saturated rings. The smallest absolute Gasteiger partial charge is 0.226 e. The molecule has 4 heteroatoms. The highest BCUT2D eigenvalue weighted by molar-refractivity contribution is 5.80. The molecule has 1 heterocycles. The highest BCUT2D eigenvalue weighted by atomic mass is 16.5. The van der Waals surface area contributed by atoms with Gasteiger partial charge in [-0.15, -0.1) is 0 Å². The Morgan fingerprint density at radius 1 is 1.44 bits per heavy atom. The molecule has 1 amide bonds. The standard InChI is InChI=1S/C14H25NO3/c1-14(2)6-4-3-5-12(14)13(17)15-7-8-18-10-11(15)9-16/h11-12,16H,3-10H2,1-2H3. The van der Waals surface area contributed by atoms with Gasteiger partial charge in [0.1, 0.15) is 0 Å². The van der Waals surface area contributed by atoms with Gasteiger partial charge in [-0.25, -0.2) is 0 Å². The lowest BCUT2D eigenvalue weighted by Gasteiger charge is -2.43. The van der Waals surface area contributed by atoms with E-state index in [1.165, 1.54) is 6.42 Å². The first-order chi connectivity index (χ1) is 8.56. The lowest BCUT2D eigenvalue weighted by atomic mass is 9.68. The van der Waals surface area contributed by atoms with Crippen LogP contribution in [0.1, 0.15) is 39.5 Å². The van der Waals surface area contributed by atoms with Gasteiger partial charge in [-0.1, -0.05) is 26.7 Å². The largest absolute Gasteiger partial charge is 0.394 e. The molecule has 2 atom stereocenters. The van der Waals surface area contributed by atoms with Gasteiger partial charge in [-0.3, -0.25) is 4.79 Å². The summed E-state index contributed by atoms with van der Waals surface area (Å²) >= 11 is 0. The molecule has 1 aliphatic carbocycles. The first-order valence-electron chi connectivity index (χ1n) is 7.05. The second-order valence-corrected chi connectivity index (χ2v) is 6.23. The molecule has 0 aromatic rings. The molecule has 0 aromatic heterocycles. The lowest BCUT2D eigenvalue weighted by molar-refractivity contribution is -0.151. The molecule has 2 aliphatic rings. The van der Waals surface area contributed by atoms with E-state index < -0.39 is 0 Å². The van der Waals surface area contributed by atoms with Crippen molar-refractivity contribution in [1.82, 2.24) is 4.90 Å². The van der Waals surface area contributed by atoms with E-state index in [4.69, 9.17) is 4.74 Å². The predicted octanol–water partition coefficient (Wildman–Crippen LogP) is 1.42. The Morgan fingerprint density at radius 2 is 2.22 bits per heavy atom. The highest BCUT2D eigenvalue weighted by Crippen LogP contribution is 2.41. The number of ether oxygens (including phenoxy) is 1. The van der Waals surface area contributed by atoms with E-state index in [1.807, 2.05) is 4.90 Å². The zero-order valence-electron chi connectivity index (χ0n) is 11.5. The van der Waals surface area contributed by atoms with Crippen LogP contribution in [-0.4, -0.2) is 48.3 Å². The van der Waals surface area contributed by atoms with Crippen molar-refractivity contribution in [2.75, 3.05) is 26.4 Å². The van der Waals surface area contributed by atoms with Gasteiger partial charge in [-0.05, 0) is 18.3 Å². The monoisotopic (exact) mass is 255 g/mol. The topological polar surface area (TPSA) is 49.8 Å². The summed E-state index contributed by atoms with van der Waals surface area (Å²) in [6.45, 7) is 6.08. The normalized spacial score (nSPS) is 32.3. The van der Waals surface area contributed by atoms with E-state index in [2.05, 4.69) is 13.8 Å². The Balaban J connectivity index is 2.09. The number of nitrogens with zero attached hydrogens (tertiary/aromatic N) is 1. The number of aliphatic hydroxyl groups is 1. The van der Waals surface area contributed by atoms with Crippen LogP contribution in [-0.2, 0) is 9.53 Å². The summed E-state index contributed by atoms with van der Waals surface area (Å²) in [5.74, 6) is 0.334. The predicted molar refractivity (Wildman–Crippen MR) is 69.1 cm³/mol. The van der Waals surface area contributed by atoms with Gasteiger partial charge in [-0.2, -0.15) is 0 Å². The van der Waals surface area contributed by atoms with E-state index in [1.54, 1.807) is 0 Å². The minimum Gasteiger partial charge on any atom is -0.394 e. The summed E-state index contributed by atoms with van der Waals surface area (Å²) in [7, 11) is 0. The van der Waals surface area contributed by atoms with Gasteiger partial charge >= 0.3 is 0 Å². The van der Waals surface area contributed by atoms with Gasteiger partial charge in [0.2, 0.25) is 5.91 Å². The van der Waals surface area contributed by atoms with Gasteiger partial charge < -0.3 is 14.7 Å². The Kier molecular flexibility index (Phi) is 4.28. The maximum absolute atomic E-state index is 12.7. The van der Waals surface area contributed by atoms with Crippen molar-refractivity contribution in [3.63, 3.8) is 0 Å². The quantitative estimate of drug-likeness (QED) is 0.812. The van der Waals surface area contributed by atoms with Crippen LogP contribution >= 0.6 is 0 Å². The average molecular weight is 255 g/mol. The van der Waals surface area contributed by atoms with Gasteiger partial charge in [0, 0.05) is 12.5 Å². The number of hydrogen-bond donors (Lipinski definition) is 1. The van der Waals surface area contributed by atoms with E-state index in [-0.39, 0.29) is 29.9 Å². The average Bonchev–Trinajstić information content (AvgIpc) is 2.37. The number of amides is 1. The van der Waals surface area contributed by atoms with E-state index >= 15 is 0 Å². The third-order valence-electron chi connectivity index (χ3n) is 4.53. The van der Waals surface area contributed by atoms with Crippen LogP contribution in [0.2, 0.25) is 0 Å². The third-order valence-corrected chi connectivity index (χ3v) is 4.53. The molecule has 2 rings (SSSR count). The first kappa shape index (κ1) is 13.8. The Hall–Kier alpha value is -0.610. The van der Waals surface area contributed by atoms with Crippen molar-refractivity contribution in [2.45, 2.75) is 45.6 Å². The van der Waals surface area contributed by atoms with Gasteiger partial charge in [0.15, 0.2) is 0 Å². The second-order valence-electron chi connectivity index (χ2n) is 6.23. The van der Waals surface area contributed by atoms with Gasteiger partial charge in [0.05, 0.1) is 25.9 Å². The maximum Gasteiger partial charge on any atom is 0.226 e. The zero-order valence-corrected chi connectivity index (χ0v) is 11.5. The van der Waals surface area contributed by atoms with Crippen LogP contribution in [0, 0.1) is 11.3 Å². The van der Waals surface area contributed by atoms with Crippen molar-refractivity contribution in [2.24, 2.45) is 11.3 Å². The first-order valence-corrected chi connectivity index (χ1v) is 7.05. The third kappa shape index (κ3) is 2.69. The molecular formula is C14H25NO3. The molecule has 1 saturated heterocycles. The summed E-state index contributed by atoms with van der Waals surface area (Å²) in [5.41, 5.74) is 0.0909. The second kappa shape index (κ2) is 5.57. The van der Waals surface area contributed by atoms with Crippen LogP contribution in [0.5, 0.6) is 0 Å². The van der Waals surface area contributed by atoms with Crippen LogP contribution in [0.25, 0.3) is 0 Å². The van der Waals surface area contributed by atoms with E-state index in [0.29, 0.717) is 19.8 Å². The molecule has 0 radical (unpaired) electrons. The fraction of sp³-hybridized carbons (Fsp3) is 0.929. The van der Waals surface area contributed by atoms with Crippen LogP contribution < -0.4 is 0 Å². The lowest BCUT2D eigenvalue weighted by Crippen LogP contribution is -2.54. The fourth-order valence-corrected chi connectivity index (χ4v) is 3.25.